The molecule has 20 heavy (non-hydrogen) atoms. The minimum Gasteiger partial charge on any atom is -0.239 e. The minimum absolute atomic E-state index is 1.07. The van der Waals surface area contributed by atoms with Gasteiger partial charge < -0.3 is 0 Å². The van der Waals surface area contributed by atoms with Crippen molar-refractivity contribution >= 4 is 0 Å². The van der Waals surface area contributed by atoms with E-state index in [2.05, 4.69) is 84.9 Å². The molecule has 0 amide bonds. The number of hydrogen-bond acceptors (Lipinski definition) is 0. The maximum absolute atomic E-state index is 2.26. The molecule has 2 aromatic heterocycles. The van der Waals surface area contributed by atoms with Gasteiger partial charge in [-0.2, -0.15) is 0 Å². The van der Waals surface area contributed by atoms with Crippen molar-refractivity contribution in [2.75, 3.05) is 0 Å². The van der Waals surface area contributed by atoms with Crippen molar-refractivity contribution in [3.63, 3.8) is 0 Å². The highest BCUT2D eigenvalue weighted by molar-refractivity contribution is 4.92. The van der Waals surface area contributed by atoms with Crippen molar-refractivity contribution in [2.24, 2.45) is 7.05 Å². The van der Waals surface area contributed by atoms with Gasteiger partial charge in [-0.05, 0) is 20.8 Å². The first-order valence-corrected chi connectivity index (χ1v) is 7.66. The Morgan fingerprint density at radius 2 is 1.70 bits per heavy atom. The van der Waals surface area contributed by atoms with Crippen molar-refractivity contribution in [2.45, 2.75) is 60.7 Å². The lowest BCUT2D eigenvalue weighted by Gasteiger charge is -1.93. The van der Waals surface area contributed by atoms with Gasteiger partial charge in [0.2, 0.25) is 6.33 Å². The highest BCUT2D eigenvalue weighted by Gasteiger charge is 2.07. The van der Waals surface area contributed by atoms with E-state index in [1.165, 1.54) is 11.5 Å². The van der Waals surface area contributed by atoms with Gasteiger partial charge >= 0.3 is 0 Å². The zero-order valence-corrected chi connectivity index (χ0v) is 13.9. The molecule has 2 aromatic rings. The molecule has 4 nitrogen and oxygen atoms in total. The maximum Gasteiger partial charge on any atom is 0.253 e. The molecule has 0 saturated heterocycles. The highest BCUT2D eigenvalue weighted by Crippen LogP contribution is 1.96. The number of nitrogens with zero attached hydrogens (tertiary/aromatic N) is 4. The molecule has 0 aliphatic heterocycles. The first-order chi connectivity index (χ1) is 9.57. The predicted molar refractivity (Wildman–Crippen MR) is 81.4 cm³/mol. The van der Waals surface area contributed by atoms with Gasteiger partial charge in [0.15, 0.2) is 0 Å². The fourth-order valence-corrected chi connectivity index (χ4v) is 2.43. The van der Waals surface area contributed by atoms with Crippen LogP contribution in [0.3, 0.4) is 0 Å². The first kappa shape index (κ1) is 16.5. The van der Waals surface area contributed by atoms with E-state index in [9.17, 15) is 0 Å². The lowest BCUT2D eigenvalue weighted by atomic mass is 10.3. The molecule has 112 valence electrons. The summed E-state index contributed by atoms with van der Waals surface area (Å²) in [7, 11) is 2.06. The van der Waals surface area contributed by atoms with Gasteiger partial charge in [0.25, 0.3) is 5.82 Å². The summed E-state index contributed by atoms with van der Waals surface area (Å²) in [6.07, 6.45) is 9.66. The third-order valence-corrected chi connectivity index (χ3v) is 3.69. The SMILES string of the molecule is CCc1c[n+](C)cn1CC.CCn1cc[n+](CC)c1C. The van der Waals surface area contributed by atoms with Crippen molar-refractivity contribution in [1.82, 2.24) is 9.13 Å². The second-order valence-electron chi connectivity index (χ2n) is 4.96. The molecular weight excluding hydrogens is 248 g/mol. The van der Waals surface area contributed by atoms with Crippen molar-refractivity contribution in [3.05, 3.63) is 36.4 Å². The van der Waals surface area contributed by atoms with Crippen LogP contribution in [0.25, 0.3) is 0 Å². The fraction of sp³-hybridized carbons (Fsp3) is 0.625. The van der Waals surface area contributed by atoms with Crippen LogP contribution in [-0.4, -0.2) is 9.13 Å². The number of rotatable bonds is 4. The normalized spacial score (nSPS) is 10.3. The molecule has 0 unspecified atom stereocenters. The summed E-state index contributed by atoms with van der Waals surface area (Å²) in [6.45, 7) is 14.0. The second-order valence-corrected chi connectivity index (χ2v) is 4.96. The number of aromatic nitrogens is 4. The second kappa shape index (κ2) is 7.88. The largest absolute Gasteiger partial charge is 0.253 e. The molecule has 0 N–H and O–H groups in total. The summed E-state index contributed by atoms with van der Waals surface area (Å²) in [5.74, 6) is 1.34. The zero-order valence-electron chi connectivity index (χ0n) is 13.9. The van der Waals surface area contributed by atoms with Crippen LogP contribution >= 0.6 is 0 Å². The topological polar surface area (TPSA) is 17.6 Å². The molecule has 0 fully saturated rings. The Hall–Kier alpha value is -1.58. The average Bonchev–Trinajstić information content (AvgIpc) is 3.01. The Morgan fingerprint density at radius 3 is 2.05 bits per heavy atom. The van der Waals surface area contributed by atoms with E-state index in [4.69, 9.17) is 0 Å². The number of imidazole rings is 2. The summed E-state index contributed by atoms with van der Waals surface area (Å²) >= 11 is 0. The Bertz CT molecular complexity index is 480. The zero-order chi connectivity index (χ0) is 15.1. The first-order valence-electron chi connectivity index (χ1n) is 7.66. The van der Waals surface area contributed by atoms with Crippen molar-refractivity contribution < 1.29 is 9.13 Å². The van der Waals surface area contributed by atoms with Gasteiger partial charge in [-0.25, -0.2) is 18.3 Å². The van der Waals surface area contributed by atoms with Gasteiger partial charge in [0.05, 0.1) is 26.7 Å². The van der Waals surface area contributed by atoms with E-state index < -0.39 is 0 Å². The van der Waals surface area contributed by atoms with Gasteiger partial charge in [-0.15, -0.1) is 0 Å². The molecule has 0 aromatic carbocycles. The lowest BCUT2D eigenvalue weighted by Crippen LogP contribution is -2.33. The molecule has 0 aliphatic rings. The van der Waals surface area contributed by atoms with Crippen LogP contribution in [0.15, 0.2) is 24.9 Å². The van der Waals surface area contributed by atoms with Gasteiger partial charge in [-0.3, -0.25) is 0 Å². The van der Waals surface area contributed by atoms with E-state index in [0.29, 0.717) is 0 Å². The maximum atomic E-state index is 2.26. The third-order valence-electron chi connectivity index (χ3n) is 3.69. The Morgan fingerprint density at radius 1 is 1.05 bits per heavy atom. The van der Waals surface area contributed by atoms with Crippen LogP contribution in [0.1, 0.15) is 39.2 Å². The van der Waals surface area contributed by atoms with Crippen LogP contribution < -0.4 is 9.13 Å². The smallest absolute Gasteiger partial charge is 0.239 e. The molecule has 0 radical (unpaired) electrons. The van der Waals surface area contributed by atoms with Crippen LogP contribution in [0, 0.1) is 6.92 Å². The summed E-state index contributed by atoms with van der Waals surface area (Å²) in [6, 6.07) is 0. The summed E-state index contributed by atoms with van der Waals surface area (Å²) < 4.78 is 8.84. The lowest BCUT2D eigenvalue weighted by molar-refractivity contribution is -0.699. The summed E-state index contributed by atoms with van der Waals surface area (Å²) in [5, 5.41) is 0. The molecule has 2 rings (SSSR count). The molecular formula is C16H30N4+2. The summed E-state index contributed by atoms with van der Waals surface area (Å²) in [5.41, 5.74) is 1.41. The number of aryl methyl sites for hydroxylation is 5. The van der Waals surface area contributed by atoms with Crippen LogP contribution in [0.5, 0.6) is 0 Å². The van der Waals surface area contributed by atoms with Crippen LogP contribution in [0.2, 0.25) is 0 Å². The average molecular weight is 278 g/mol. The van der Waals surface area contributed by atoms with Gasteiger partial charge in [-0.1, -0.05) is 6.92 Å². The third kappa shape index (κ3) is 3.95. The van der Waals surface area contributed by atoms with Gasteiger partial charge in [0.1, 0.15) is 24.3 Å². The fourth-order valence-electron chi connectivity index (χ4n) is 2.43. The Balaban J connectivity index is 0.000000200. The number of hydrogen-bond donors (Lipinski definition) is 0. The molecule has 0 spiro atoms. The van der Waals surface area contributed by atoms with Crippen molar-refractivity contribution in [3.8, 4) is 0 Å². The van der Waals surface area contributed by atoms with Crippen LogP contribution in [-0.2, 0) is 33.1 Å². The van der Waals surface area contributed by atoms with E-state index >= 15 is 0 Å². The molecule has 0 aliphatic carbocycles. The highest BCUT2D eigenvalue weighted by atomic mass is 15.1. The quantitative estimate of drug-likeness (QED) is 0.762. The molecule has 0 bridgehead atoms. The monoisotopic (exact) mass is 278 g/mol. The van der Waals surface area contributed by atoms with Gasteiger partial charge in [0, 0.05) is 13.3 Å². The van der Waals surface area contributed by atoms with E-state index in [1.54, 1.807) is 0 Å². The van der Waals surface area contributed by atoms with E-state index in [-0.39, 0.29) is 0 Å². The standard InChI is InChI=1S/2C8H15N2/c1-4-8-6-9(3)7-10(8)5-2;1-4-9-6-7-10(5-2)8(9)3/h2*6-7H,4-5H2,1-3H3/q2*+1. The Labute approximate surface area is 123 Å². The predicted octanol–water partition coefficient (Wildman–Crippen LogP) is 2.02. The molecule has 0 saturated carbocycles. The molecule has 4 heteroatoms. The van der Waals surface area contributed by atoms with Crippen LogP contribution in [0.4, 0.5) is 0 Å². The molecule has 0 atom stereocenters. The van der Waals surface area contributed by atoms with E-state index in [1.807, 2.05) is 0 Å². The Kier molecular flexibility index (Phi) is 6.49. The minimum atomic E-state index is 1.07. The summed E-state index contributed by atoms with van der Waals surface area (Å²) in [4.78, 5) is 0. The van der Waals surface area contributed by atoms with E-state index in [0.717, 1.165) is 26.1 Å². The molecule has 2 heterocycles. The van der Waals surface area contributed by atoms with Crippen molar-refractivity contribution in [1.29, 1.82) is 0 Å².